The second kappa shape index (κ2) is 8.68. The van der Waals surface area contributed by atoms with Gasteiger partial charge in [0.1, 0.15) is 18.3 Å². The predicted octanol–water partition coefficient (Wildman–Crippen LogP) is 4.14. The van der Waals surface area contributed by atoms with E-state index in [1.807, 2.05) is 18.2 Å². The summed E-state index contributed by atoms with van der Waals surface area (Å²) in [6.45, 7) is -0.203. The van der Waals surface area contributed by atoms with E-state index >= 15 is 0 Å². The number of amides is 1. The first-order valence-electron chi connectivity index (χ1n) is 11.2. The lowest BCUT2D eigenvalue weighted by atomic mass is 9.87. The molecule has 2 aromatic carbocycles. The third-order valence-electron chi connectivity index (χ3n) is 6.48. The van der Waals surface area contributed by atoms with Gasteiger partial charge in [-0.1, -0.05) is 30.3 Å². The monoisotopic (exact) mass is 481 g/mol. The zero-order chi connectivity index (χ0) is 24.7. The molecule has 180 valence electrons. The van der Waals surface area contributed by atoms with Crippen LogP contribution < -0.4 is 5.56 Å². The van der Waals surface area contributed by atoms with Gasteiger partial charge in [0.2, 0.25) is 5.91 Å². The van der Waals surface area contributed by atoms with Crippen molar-refractivity contribution in [3.63, 3.8) is 0 Å². The highest BCUT2D eigenvalue weighted by atomic mass is 19.4. The first-order chi connectivity index (χ1) is 16.7. The van der Waals surface area contributed by atoms with Crippen LogP contribution in [0.3, 0.4) is 0 Å². The van der Waals surface area contributed by atoms with Crippen molar-refractivity contribution < 1.29 is 18.0 Å². The molecular weight excluding hydrogens is 459 g/mol. The van der Waals surface area contributed by atoms with Crippen LogP contribution in [0.1, 0.15) is 35.6 Å². The molecule has 1 aliphatic rings. The van der Waals surface area contributed by atoms with Crippen LogP contribution in [-0.2, 0) is 23.9 Å². The van der Waals surface area contributed by atoms with Crippen LogP contribution in [0.4, 0.5) is 13.2 Å². The third-order valence-corrected chi connectivity index (χ3v) is 6.48. The smallest absolute Gasteiger partial charge is 0.337 e. The number of alkyl halides is 3. The minimum absolute atomic E-state index is 0.0662. The van der Waals surface area contributed by atoms with E-state index in [1.54, 1.807) is 11.9 Å². The molecule has 2 aromatic heterocycles. The van der Waals surface area contributed by atoms with Gasteiger partial charge < -0.3 is 4.90 Å². The molecule has 4 aromatic rings. The number of carbonyl (C=O) groups is 1. The second-order valence-electron chi connectivity index (χ2n) is 8.63. The van der Waals surface area contributed by atoms with E-state index in [-0.39, 0.29) is 35.2 Å². The lowest BCUT2D eigenvalue weighted by Gasteiger charge is -2.33. The zero-order valence-electron chi connectivity index (χ0n) is 18.9. The number of hydrogen-bond acceptors (Lipinski definition) is 4. The average Bonchev–Trinajstić information content (AvgIpc) is 3.29. The van der Waals surface area contributed by atoms with Gasteiger partial charge in [-0.25, -0.2) is 9.67 Å². The van der Waals surface area contributed by atoms with Crippen molar-refractivity contribution in [3.05, 3.63) is 88.1 Å². The van der Waals surface area contributed by atoms with Crippen molar-refractivity contribution >= 4 is 16.9 Å². The Labute approximate surface area is 198 Å². The summed E-state index contributed by atoms with van der Waals surface area (Å²) in [5.74, 6) is -0.236. The molecule has 1 amide bonds. The Balaban J connectivity index is 1.42. The standard InChI is InChI=1S/C25H22F3N5O2/c1-31(21-11-4-7-16-6-2-3-10-19(16)21)22(34)14-32-15-29-23-20(24(32)35)13-30-33(23)18-9-5-8-17(12-18)25(26,27)28/h2-3,5-6,8-10,12-13,15,21H,4,7,11,14H2,1H3. The number of aryl methyl sites for hydroxylation is 1. The van der Waals surface area contributed by atoms with Crippen molar-refractivity contribution in [2.45, 2.75) is 38.0 Å². The molecule has 0 saturated heterocycles. The average molecular weight is 481 g/mol. The van der Waals surface area contributed by atoms with Crippen molar-refractivity contribution in [2.24, 2.45) is 0 Å². The van der Waals surface area contributed by atoms with Gasteiger partial charge in [-0.15, -0.1) is 0 Å². The van der Waals surface area contributed by atoms with Gasteiger partial charge in [0, 0.05) is 7.05 Å². The molecule has 0 saturated carbocycles. The number of benzene rings is 2. The highest BCUT2D eigenvalue weighted by molar-refractivity contribution is 5.78. The van der Waals surface area contributed by atoms with Gasteiger partial charge in [-0.05, 0) is 48.6 Å². The van der Waals surface area contributed by atoms with Crippen LogP contribution in [0.2, 0.25) is 0 Å². The van der Waals surface area contributed by atoms with Crippen molar-refractivity contribution in [1.82, 2.24) is 24.2 Å². The lowest BCUT2D eigenvalue weighted by molar-refractivity contribution is -0.137. The SMILES string of the molecule is CN(C(=O)Cn1cnc2c(cnn2-c2cccc(C(F)(F)F)c2)c1=O)C1CCCc2ccccc21. The van der Waals surface area contributed by atoms with Crippen LogP contribution >= 0.6 is 0 Å². The number of rotatable bonds is 4. The van der Waals surface area contributed by atoms with Crippen molar-refractivity contribution in [3.8, 4) is 5.69 Å². The molecule has 0 N–H and O–H groups in total. The number of halogens is 3. The van der Waals surface area contributed by atoms with Crippen LogP contribution in [0.5, 0.6) is 0 Å². The normalized spacial score (nSPS) is 15.7. The highest BCUT2D eigenvalue weighted by Crippen LogP contribution is 2.33. The maximum atomic E-state index is 13.1. The van der Waals surface area contributed by atoms with Gasteiger partial charge in [0.05, 0.1) is 23.5 Å². The first kappa shape index (κ1) is 22.8. The van der Waals surface area contributed by atoms with Gasteiger partial charge in [0.25, 0.3) is 5.56 Å². The lowest BCUT2D eigenvalue weighted by Crippen LogP contribution is -2.37. The summed E-state index contributed by atoms with van der Waals surface area (Å²) >= 11 is 0. The molecule has 1 aliphatic carbocycles. The van der Waals surface area contributed by atoms with Gasteiger partial charge in [-0.2, -0.15) is 18.3 Å². The molecular formula is C25H22F3N5O2. The Hall–Kier alpha value is -3.95. The Morgan fingerprint density at radius 1 is 1.17 bits per heavy atom. The highest BCUT2D eigenvalue weighted by Gasteiger charge is 2.31. The molecule has 35 heavy (non-hydrogen) atoms. The fraction of sp³-hybridized carbons (Fsp3) is 0.280. The van der Waals surface area contributed by atoms with E-state index < -0.39 is 17.3 Å². The van der Waals surface area contributed by atoms with E-state index in [9.17, 15) is 22.8 Å². The summed E-state index contributed by atoms with van der Waals surface area (Å²) in [5.41, 5.74) is 1.28. The summed E-state index contributed by atoms with van der Waals surface area (Å²) < 4.78 is 41.7. The molecule has 0 fully saturated rings. The molecule has 1 atom stereocenters. The maximum Gasteiger partial charge on any atom is 0.416 e. The quantitative estimate of drug-likeness (QED) is 0.439. The van der Waals surface area contributed by atoms with E-state index in [4.69, 9.17) is 0 Å². The third kappa shape index (κ3) is 4.20. The number of fused-ring (bicyclic) bond motifs is 2. The van der Waals surface area contributed by atoms with Crippen molar-refractivity contribution in [2.75, 3.05) is 7.05 Å². The van der Waals surface area contributed by atoms with E-state index in [0.717, 1.165) is 37.0 Å². The van der Waals surface area contributed by atoms with Gasteiger partial charge in [0.15, 0.2) is 5.65 Å². The predicted molar refractivity (Wildman–Crippen MR) is 123 cm³/mol. The summed E-state index contributed by atoms with van der Waals surface area (Å²) in [6.07, 6.45) is 0.773. The van der Waals surface area contributed by atoms with Crippen LogP contribution in [0, 0.1) is 0 Å². The van der Waals surface area contributed by atoms with Gasteiger partial charge >= 0.3 is 6.18 Å². The maximum absolute atomic E-state index is 13.1. The molecule has 7 nitrogen and oxygen atoms in total. The minimum Gasteiger partial charge on any atom is -0.337 e. The second-order valence-corrected chi connectivity index (χ2v) is 8.63. The number of hydrogen-bond donors (Lipinski definition) is 0. The fourth-order valence-corrected chi connectivity index (χ4v) is 4.63. The Morgan fingerprint density at radius 2 is 1.97 bits per heavy atom. The van der Waals surface area contributed by atoms with Gasteiger partial charge in [-0.3, -0.25) is 14.2 Å². The first-order valence-corrected chi connectivity index (χ1v) is 11.2. The summed E-state index contributed by atoms with van der Waals surface area (Å²) in [6, 6.07) is 12.6. The summed E-state index contributed by atoms with van der Waals surface area (Å²) in [7, 11) is 1.73. The van der Waals surface area contributed by atoms with E-state index in [2.05, 4.69) is 16.1 Å². The molecule has 0 radical (unpaired) electrons. The van der Waals surface area contributed by atoms with E-state index in [1.165, 1.54) is 39.5 Å². The molecule has 5 rings (SSSR count). The molecule has 0 bridgehead atoms. The summed E-state index contributed by atoms with van der Waals surface area (Å²) in [4.78, 5) is 32.0. The minimum atomic E-state index is -4.51. The molecule has 2 heterocycles. The number of nitrogens with zero attached hydrogens (tertiary/aromatic N) is 5. The Kier molecular flexibility index (Phi) is 5.66. The Morgan fingerprint density at radius 3 is 2.77 bits per heavy atom. The zero-order valence-corrected chi connectivity index (χ0v) is 18.9. The molecule has 10 heteroatoms. The number of aromatic nitrogens is 4. The largest absolute Gasteiger partial charge is 0.416 e. The number of likely N-dealkylation sites (N-methyl/N-ethyl adjacent to an activating group) is 1. The molecule has 1 unspecified atom stereocenters. The van der Waals surface area contributed by atoms with Crippen LogP contribution in [0.25, 0.3) is 16.7 Å². The number of carbonyl (C=O) groups excluding carboxylic acids is 1. The summed E-state index contributed by atoms with van der Waals surface area (Å²) in [5, 5.41) is 4.20. The van der Waals surface area contributed by atoms with E-state index in [0.29, 0.717) is 0 Å². The van der Waals surface area contributed by atoms with Crippen LogP contribution in [0.15, 0.2) is 65.8 Å². The fourth-order valence-electron chi connectivity index (χ4n) is 4.63. The van der Waals surface area contributed by atoms with Crippen LogP contribution in [-0.4, -0.2) is 37.2 Å². The topological polar surface area (TPSA) is 73.0 Å². The molecule has 0 aliphatic heterocycles. The Bertz CT molecular complexity index is 1470. The van der Waals surface area contributed by atoms with Crippen molar-refractivity contribution in [1.29, 1.82) is 0 Å². The molecule has 0 spiro atoms.